The molecule has 0 spiro atoms. The summed E-state index contributed by atoms with van der Waals surface area (Å²) in [4.78, 5) is 25.5. The maximum atomic E-state index is 12.9. The Morgan fingerprint density at radius 2 is 2.26 bits per heavy atom. The van der Waals surface area contributed by atoms with Crippen molar-refractivity contribution in [2.75, 3.05) is 5.32 Å². The summed E-state index contributed by atoms with van der Waals surface area (Å²) >= 11 is 2.59. The van der Waals surface area contributed by atoms with Gasteiger partial charge >= 0.3 is 5.00 Å². The number of thiazole rings is 1. The number of nitrogens with zero attached hydrogens (tertiary/aromatic N) is 2. The second kappa shape index (κ2) is 5.57. The summed E-state index contributed by atoms with van der Waals surface area (Å²) in [5, 5.41) is 12.9. The summed E-state index contributed by atoms with van der Waals surface area (Å²) in [5.74, 6) is -0.931. The SMILES string of the molecule is O=C(Nc1ncc([N+](=O)[O-])s1)c1ccc(F)cc1I. The second-order valence-corrected chi connectivity index (χ2v) is 5.51. The molecule has 0 atom stereocenters. The van der Waals surface area contributed by atoms with Crippen LogP contribution in [0.25, 0.3) is 0 Å². The van der Waals surface area contributed by atoms with Crippen molar-refractivity contribution in [3.05, 3.63) is 49.5 Å². The van der Waals surface area contributed by atoms with Gasteiger partial charge in [-0.05, 0) is 52.1 Å². The molecule has 0 aliphatic carbocycles. The number of nitro groups is 1. The van der Waals surface area contributed by atoms with Crippen LogP contribution in [0.15, 0.2) is 24.4 Å². The molecule has 2 rings (SSSR count). The summed E-state index contributed by atoms with van der Waals surface area (Å²) < 4.78 is 13.4. The lowest BCUT2D eigenvalue weighted by atomic mass is 10.2. The van der Waals surface area contributed by atoms with Crippen molar-refractivity contribution in [2.24, 2.45) is 0 Å². The zero-order valence-electron chi connectivity index (χ0n) is 9.09. The van der Waals surface area contributed by atoms with E-state index in [9.17, 15) is 19.3 Å². The van der Waals surface area contributed by atoms with Gasteiger partial charge in [0.15, 0.2) is 5.13 Å². The zero-order chi connectivity index (χ0) is 14.0. The lowest BCUT2D eigenvalue weighted by molar-refractivity contribution is -0.380. The van der Waals surface area contributed by atoms with Gasteiger partial charge in [-0.1, -0.05) is 0 Å². The van der Waals surface area contributed by atoms with E-state index < -0.39 is 16.6 Å². The molecule has 0 aliphatic rings. The number of hydrogen-bond acceptors (Lipinski definition) is 5. The predicted molar refractivity (Wildman–Crippen MR) is 75.8 cm³/mol. The van der Waals surface area contributed by atoms with Crippen molar-refractivity contribution >= 4 is 50.0 Å². The van der Waals surface area contributed by atoms with E-state index in [4.69, 9.17) is 0 Å². The first-order valence-electron chi connectivity index (χ1n) is 4.84. The van der Waals surface area contributed by atoms with E-state index in [1.54, 1.807) is 0 Å². The molecular weight excluding hydrogens is 388 g/mol. The van der Waals surface area contributed by atoms with Gasteiger partial charge in [0.1, 0.15) is 12.0 Å². The van der Waals surface area contributed by atoms with Crippen LogP contribution in [0.5, 0.6) is 0 Å². The number of halogens is 2. The lowest BCUT2D eigenvalue weighted by Gasteiger charge is -2.03. The largest absolute Gasteiger partial charge is 0.345 e. The van der Waals surface area contributed by atoms with Gasteiger partial charge in [0.05, 0.1) is 10.5 Å². The van der Waals surface area contributed by atoms with E-state index in [0.29, 0.717) is 3.57 Å². The zero-order valence-corrected chi connectivity index (χ0v) is 12.1. The van der Waals surface area contributed by atoms with Crippen molar-refractivity contribution in [1.82, 2.24) is 4.98 Å². The third-order valence-corrected chi connectivity index (χ3v) is 3.83. The predicted octanol–water partition coefficient (Wildman–Crippen LogP) is 3.05. The molecule has 0 aliphatic heterocycles. The molecule has 9 heteroatoms. The highest BCUT2D eigenvalue weighted by Crippen LogP contribution is 2.25. The van der Waals surface area contributed by atoms with Crippen molar-refractivity contribution in [3.63, 3.8) is 0 Å². The maximum Gasteiger partial charge on any atom is 0.345 e. The van der Waals surface area contributed by atoms with Crippen LogP contribution in [0.4, 0.5) is 14.5 Å². The summed E-state index contributed by atoms with van der Waals surface area (Å²) in [6, 6.07) is 3.73. The molecule has 0 unspecified atom stereocenters. The fourth-order valence-corrected chi connectivity index (χ4v) is 2.60. The Labute approximate surface area is 124 Å². The van der Waals surface area contributed by atoms with Crippen LogP contribution in [0.1, 0.15) is 10.4 Å². The highest BCUT2D eigenvalue weighted by Gasteiger charge is 2.16. The number of amides is 1. The Morgan fingerprint density at radius 3 is 2.84 bits per heavy atom. The van der Waals surface area contributed by atoms with Gasteiger partial charge in [0.2, 0.25) is 0 Å². The topological polar surface area (TPSA) is 85.1 Å². The Kier molecular flexibility index (Phi) is 4.04. The number of carbonyl (C=O) groups is 1. The number of hydrogen-bond donors (Lipinski definition) is 1. The van der Waals surface area contributed by atoms with Crippen molar-refractivity contribution in [1.29, 1.82) is 0 Å². The average Bonchev–Trinajstić information content (AvgIpc) is 2.77. The van der Waals surface area contributed by atoms with Crippen molar-refractivity contribution in [3.8, 4) is 0 Å². The molecule has 1 aromatic heterocycles. The first-order valence-corrected chi connectivity index (χ1v) is 6.73. The van der Waals surface area contributed by atoms with E-state index in [1.165, 1.54) is 18.2 Å². The fraction of sp³-hybridized carbons (Fsp3) is 0. The molecular formula is C10H5FIN3O3S. The van der Waals surface area contributed by atoms with Crippen LogP contribution in [0, 0.1) is 19.5 Å². The average molecular weight is 393 g/mol. The van der Waals surface area contributed by atoms with Crippen LogP contribution in [-0.2, 0) is 0 Å². The molecule has 1 N–H and O–H groups in total. The van der Waals surface area contributed by atoms with Crippen LogP contribution in [0.3, 0.4) is 0 Å². The Morgan fingerprint density at radius 1 is 1.53 bits per heavy atom. The number of nitrogens with one attached hydrogen (secondary N) is 1. The van der Waals surface area contributed by atoms with E-state index in [-0.39, 0.29) is 15.7 Å². The van der Waals surface area contributed by atoms with Crippen molar-refractivity contribution in [2.45, 2.75) is 0 Å². The Bertz CT molecular complexity index is 661. The number of aromatic nitrogens is 1. The van der Waals surface area contributed by atoms with E-state index in [2.05, 4.69) is 10.3 Å². The van der Waals surface area contributed by atoms with Gasteiger partial charge in [-0.25, -0.2) is 9.37 Å². The molecule has 0 radical (unpaired) electrons. The molecule has 0 saturated carbocycles. The molecule has 19 heavy (non-hydrogen) atoms. The Hall–Kier alpha value is -1.62. The molecule has 2 aromatic rings. The maximum absolute atomic E-state index is 12.9. The normalized spacial score (nSPS) is 10.2. The van der Waals surface area contributed by atoms with E-state index in [0.717, 1.165) is 17.5 Å². The molecule has 0 fully saturated rings. The van der Waals surface area contributed by atoms with Gasteiger partial charge in [-0.2, -0.15) is 0 Å². The third kappa shape index (κ3) is 3.23. The molecule has 1 amide bonds. The van der Waals surface area contributed by atoms with Crippen LogP contribution >= 0.6 is 33.9 Å². The minimum absolute atomic E-state index is 0.122. The summed E-state index contributed by atoms with van der Waals surface area (Å²) in [7, 11) is 0. The quantitative estimate of drug-likeness (QED) is 0.494. The van der Waals surface area contributed by atoms with Gasteiger partial charge < -0.3 is 0 Å². The van der Waals surface area contributed by atoms with Crippen molar-refractivity contribution < 1.29 is 14.1 Å². The summed E-state index contributed by atoms with van der Waals surface area (Å²) in [6.45, 7) is 0. The Balaban J connectivity index is 2.18. The lowest BCUT2D eigenvalue weighted by Crippen LogP contribution is -2.13. The minimum Gasteiger partial charge on any atom is -0.298 e. The monoisotopic (exact) mass is 393 g/mol. The summed E-state index contributed by atoms with van der Waals surface area (Å²) in [5.41, 5.74) is 0.278. The van der Waals surface area contributed by atoms with Gasteiger partial charge in [-0.3, -0.25) is 20.2 Å². The molecule has 6 nitrogen and oxygen atoms in total. The van der Waals surface area contributed by atoms with Gasteiger partial charge in [0.25, 0.3) is 5.91 Å². The molecule has 0 saturated heterocycles. The van der Waals surface area contributed by atoms with E-state index in [1.807, 2.05) is 22.6 Å². The van der Waals surface area contributed by atoms with Crippen LogP contribution in [0.2, 0.25) is 0 Å². The summed E-state index contributed by atoms with van der Waals surface area (Å²) in [6.07, 6.45) is 1.07. The third-order valence-electron chi connectivity index (χ3n) is 2.07. The molecule has 0 bridgehead atoms. The smallest absolute Gasteiger partial charge is 0.298 e. The highest BCUT2D eigenvalue weighted by atomic mass is 127. The highest BCUT2D eigenvalue weighted by molar-refractivity contribution is 14.1. The first kappa shape index (κ1) is 13.8. The molecule has 1 aromatic carbocycles. The van der Waals surface area contributed by atoms with Crippen LogP contribution in [-0.4, -0.2) is 15.8 Å². The van der Waals surface area contributed by atoms with Gasteiger partial charge in [0, 0.05) is 3.57 Å². The number of benzene rings is 1. The number of rotatable bonds is 3. The van der Waals surface area contributed by atoms with Crippen LogP contribution < -0.4 is 5.32 Å². The second-order valence-electron chi connectivity index (χ2n) is 3.34. The molecule has 98 valence electrons. The van der Waals surface area contributed by atoms with Gasteiger partial charge in [-0.15, -0.1) is 0 Å². The minimum atomic E-state index is -0.588. The first-order chi connectivity index (χ1) is 8.97. The van der Waals surface area contributed by atoms with E-state index >= 15 is 0 Å². The number of carbonyl (C=O) groups excluding carboxylic acids is 1. The molecule has 1 heterocycles. The number of anilines is 1. The standard InChI is InChI=1S/C10H5FIN3O3S/c11-5-1-2-6(7(12)3-5)9(16)14-10-13-4-8(19-10)15(17)18/h1-4H,(H,13,14,16). The fourth-order valence-electron chi connectivity index (χ4n) is 1.25.